The highest BCUT2D eigenvalue weighted by atomic mass is 16.5. The summed E-state index contributed by atoms with van der Waals surface area (Å²) < 4.78 is 11.1. The molecule has 2 aliphatic rings. The molecule has 6 nitrogen and oxygen atoms in total. The summed E-state index contributed by atoms with van der Waals surface area (Å²) in [6.45, 7) is 1.97. The Hall–Kier alpha value is -2.76. The van der Waals surface area contributed by atoms with E-state index in [1.165, 1.54) is 6.26 Å². The molecule has 27 heavy (non-hydrogen) atoms. The fraction of sp³-hybridized carbons (Fsp3) is 0.429. The quantitative estimate of drug-likeness (QED) is 0.850. The van der Waals surface area contributed by atoms with Gasteiger partial charge in [0.15, 0.2) is 5.76 Å². The second-order valence-corrected chi connectivity index (χ2v) is 7.32. The normalized spacial score (nSPS) is 19.6. The summed E-state index contributed by atoms with van der Waals surface area (Å²) >= 11 is 0. The van der Waals surface area contributed by atoms with E-state index < -0.39 is 0 Å². The maximum Gasteiger partial charge on any atom is 0.289 e. The van der Waals surface area contributed by atoms with Crippen LogP contribution < -0.4 is 10.1 Å². The Morgan fingerprint density at radius 1 is 1.15 bits per heavy atom. The molecule has 0 radical (unpaired) electrons. The number of carbonyl (C=O) groups excluding carboxylic acids is 2. The highest BCUT2D eigenvalue weighted by Gasteiger charge is 2.26. The molecule has 1 atom stereocenters. The number of likely N-dealkylation sites (tertiary alicyclic amines) is 1. The standard InChI is InChI=1S/C21H24N2O4/c24-20(22-17-7-8-17)16-5-9-18(10-6-16)27-14-15-3-1-11-23(13-15)21(25)19-4-2-12-26-19/h2,4-6,9-10,12,15,17H,1,3,7-8,11,13-14H2,(H,22,24). The topological polar surface area (TPSA) is 71.8 Å². The summed E-state index contributed by atoms with van der Waals surface area (Å²) in [5.74, 6) is 1.33. The van der Waals surface area contributed by atoms with E-state index in [9.17, 15) is 9.59 Å². The van der Waals surface area contributed by atoms with Crippen LogP contribution in [0.5, 0.6) is 5.75 Å². The fourth-order valence-corrected chi connectivity index (χ4v) is 3.35. The van der Waals surface area contributed by atoms with Crippen molar-refractivity contribution in [2.24, 2.45) is 5.92 Å². The molecule has 2 fully saturated rings. The number of ether oxygens (including phenoxy) is 1. The summed E-state index contributed by atoms with van der Waals surface area (Å²) in [6.07, 6.45) is 5.67. The second-order valence-electron chi connectivity index (χ2n) is 7.32. The SMILES string of the molecule is O=C(NC1CC1)c1ccc(OCC2CCCN(C(=O)c3ccco3)C2)cc1. The summed E-state index contributed by atoms with van der Waals surface area (Å²) in [5, 5.41) is 2.98. The Labute approximate surface area is 158 Å². The van der Waals surface area contributed by atoms with E-state index in [1.807, 2.05) is 17.0 Å². The van der Waals surface area contributed by atoms with Gasteiger partial charge in [0.2, 0.25) is 0 Å². The van der Waals surface area contributed by atoms with Gasteiger partial charge in [0.1, 0.15) is 5.75 Å². The van der Waals surface area contributed by atoms with Gasteiger partial charge in [0.05, 0.1) is 12.9 Å². The summed E-state index contributed by atoms with van der Waals surface area (Å²) in [7, 11) is 0. The Morgan fingerprint density at radius 3 is 2.67 bits per heavy atom. The molecule has 142 valence electrons. The Morgan fingerprint density at radius 2 is 1.96 bits per heavy atom. The molecular formula is C21H24N2O4. The van der Waals surface area contributed by atoms with Gasteiger partial charge in [-0.2, -0.15) is 0 Å². The number of amides is 2. The smallest absolute Gasteiger partial charge is 0.289 e. The lowest BCUT2D eigenvalue weighted by atomic mass is 9.98. The van der Waals surface area contributed by atoms with Gasteiger partial charge >= 0.3 is 0 Å². The van der Waals surface area contributed by atoms with Crippen LogP contribution in [0.1, 0.15) is 46.6 Å². The van der Waals surface area contributed by atoms with Crippen molar-refractivity contribution in [1.82, 2.24) is 10.2 Å². The molecule has 1 aliphatic carbocycles. The van der Waals surface area contributed by atoms with E-state index in [0.717, 1.165) is 38.0 Å². The van der Waals surface area contributed by atoms with E-state index in [1.54, 1.807) is 24.3 Å². The summed E-state index contributed by atoms with van der Waals surface area (Å²) in [4.78, 5) is 26.3. The molecule has 1 saturated carbocycles. The molecule has 1 saturated heterocycles. The third kappa shape index (κ3) is 4.51. The lowest BCUT2D eigenvalue weighted by molar-refractivity contribution is 0.0602. The number of carbonyl (C=O) groups is 2. The predicted octanol–water partition coefficient (Wildman–Crippen LogP) is 3.10. The van der Waals surface area contributed by atoms with Crippen LogP contribution in [0, 0.1) is 5.92 Å². The molecule has 1 aliphatic heterocycles. The van der Waals surface area contributed by atoms with Crippen molar-refractivity contribution in [2.75, 3.05) is 19.7 Å². The van der Waals surface area contributed by atoms with Crippen molar-refractivity contribution in [3.63, 3.8) is 0 Å². The number of hydrogen-bond donors (Lipinski definition) is 1. The lowest BCUT2D eigenvalue weighted by Crippen LogP contribution is -2.41. The average molecular weight is 368 g/mol. The van der Waals surface area contributed by atoms with Crippen molar-refractivity contribution in [2.45, 2.75) is 31.7 Å². The molecule has 0 bridgehead atoms. The van der Waals surface area contributed by atoms with Crippen LogP contribution in [-0.4, -0.2) is 42.5 Å². The molecule has 0 spiro atoms. The Balaban J connectivity index is 1.27. The number of nitrogens with zero attached hydrogens (tertiary/aromatic N) is 1. The number of rotatable bonds is 6. The molecule has 2 amide bonds. The molecule has 1 N–H and O–H groups in total. The monoisotopic (exact) mass is 368 g/mol. The van der Waals surface area contributed by atoms with Gasteiger partial charge < -0.3 is 19.4 Å². The first-order valence-electron chi connectivity index (χ1n) is 9.55. The zero-order valence-electron chi connectivity index (χ0n) is 15.2. The van der Waals surface area contributed by atoms with E-state index in [2.05, 4.69) is 5.32 Å². The highest BCUT2D eigenvalue weighted by Crippen LogP contribution is 2.22. The minimum absolute atomic E-state index is 0.0246. The lowest BCUT2D eigenvalue weighted by Gasteiger charge is -2.32. The van der Waals surface area contributed by atoms with Crippen LogP contribution in [0.25, 0.3) is 0 Å². The number of nitrogens with one attached hydrogen (secondary N) is 1. The largest absolute Gasteiger partial charge is 0.493 e. The Kier molecular flexibility index (Phi) is 5.14. The molecule has 2 aromatic rings. The molecule has 1 unspecified atom stereocenters. The van der Waals surface area contributed by atoms with Gasteiger partial charge in [-0.05, 0) is 62.1 Å². The van der Waals surface area contributed by atoms with Gasteiger partial charge in [-0.1, -0.05) is 0 Å². The number of furan rings is 1. The van der Waals surface area contributed by atoms with Crippen molar-refractivity contribution >= 4 is 11.8 Å². The van der Waals surface area contributed by atoms with Crippen LogP contribution in [0.15, 0.2) is 47.1 Å². The first kappa shape index (κ1) is 17.6. The third-order valence-corrected chi connectivity index (χ3v) is 5.05. The van der Waals surface area contributed by atoms with Gasteiger partial charge in [-0.15, -0.1) is 0 Å². The highest BCUT2D eigenvalue weighted by molar-refractivity contribution is 5.94. The van der Waals surface area contributed by atoms with Crippen LogP contribution in [0.3, 0.4) is 0 Å². The van der Waals surface area contributed by atoms with Crippen molar-refractivity contribution < 1.29 is 18.7 Å². The van der Waals surface area contributed by atoms with Crippen LogP contribution >= 0.6 is 0 Å². The summed E-state index contributed by atoms with van der Waals surface area (Å²) in [6, 6.07) is 11.0. The predicted molar refractivity (Wildman–Crippen MR) is 99.8 cm³/mol. The van der Waals surface area contributed by atoms with Crippen molar-refractivity contribution in [1.29, 1.82) is 0 Å². The molecular weight excluding hydrogens is 344 g/mol. The first-order chi connectivity index (χ1) is 13.2. The molecule has 2 heterocycles. The van der Waals surface area contributed by atoms with Crippen LogP contribution in [0.2, 0.25) is 0 Å². The Bertz CT molecular complexity index is 781. The van der Waals surface area contributed by atoms with Gasteiger partial charge in [0.25, 0.3) is 11.8 Å². The average Bonchev–Trinajstić information content (AvgIpc) is 3.35. The van der Waals surface area contributed by atoms with E-state index >= 15 is 0 Å². The van der Waals surface area contributed by atoms with Gasteiger partial charge in [-0.3, -0.25) is 9.59 Å². The number of piperidine rings is 1. The maximum atomic E-state index is 12.4. The molecule has 4 rings (SSSR count). The van der Waals surface area contributed by atoms with Crippen molar-refractivity contribution in [3.05, 3.63) is 54.0 Å². The summed E-state index contributed by atoms with van der Waals surface area (Å²) in [5.41, 5.74) is 0.655. The van der Waals surface area contributed by atoms with Gasteiger partial charge in [0, 0.05) is 30.6 Å². The van der Waals surface area contributed by atoms with Gasteiger partial charge in [-0.25, -0.2) is 0 Å². The minimum Gasteiger partial charge on any atom is -0.493 e. The van der Waals surface area contributed by atoms with Crippen LogP contribution in [-0.2, 0) is 0 Å². The van der Waals surface area contributed by atoms with E-state index in [-0.39, 0.29) is 17.7 Å². The van der Waals surface area contributed by atoms with E-state index in [0.29, 0.717) is 30.5 Å². The number of hydrogen-bond acceptors (Lipinski definition) is 4. The first-order valence-corrected chi connectivity index (χ1v) is 9.55. The van der Waals surface area contributed by atoms with Crippen molar-refractivity contribution in [3.8, 4) is 5.75 Å². The zero-order valence-corrected chi connectivity index (χ0v) is 15.2. The molecule has 6 heteroatoms. The molecule has 1 aromatic heterocycles. The minimum atomic E-state index is -0.0595. The fourth-order valence-electron chi connectivity index (χ4n) is 3.35. The van der Waals surface area contributed by atoms with Crippen LogP contribution in [0.4, 0.5) is 0 Å². The maximum absolute atomic E-state index is 12.4. The molecule has 1 aromatic carbocycles. The zero-order chi connectivity index (χ0) is 18.6. The third-order valence-electron chi connectivity index (χ3n) is 5.05. The van der Waals surface area contributed by atoms with E-state index in [4.69, 9.17) is 9.15 Å². The number of benzene rings is 1. The second kappa shape index (κ2) is 7.86.